The predicted octanol–water partition coefficient (Wildman–Crippen LogP) is 5.30. The molecule has 0 saturated carbocycles. The van der Waals surface area contributed by atoms with Crippen LogP contribution in [0.3, 0.4) is 0 Å². The van der Waals surface area contributed by atoms with Crippen molar-refractivity contribution in [2.45, 2.75) is 37.7 Å². The summed E-state index contributed by atoms with van der Waals surface area (Å²) >= 11 is 6.19. The van der Waals surface area contributed by atoms with Gasteiger partial charge in [0.25, 0.3) is 5.91 Å². The van der Waals surface area contributed by atoms with E-state index in [1.54, 1.807) is 36.4 Å². The molecule has 0 bridgehead atoms. The number of anilines is 1. The molecule has 4 aromatic rings. The van der Waals surface area contributed by atoms with E-state index in [9.17, 15) is 22.8 Å². The predicted molar refractivity (Wildman–Crippen MR) is 161 cm³/mol. The summed E-state index contributed by atoms with van der Waals surface area (Å²) in [6, 6.07) is 17.3. The average Bonchev–Trinajstić information content (AvgIpc) is 3.00. The fourth-order valence-corrected chi connectivity index (χ4v) is 6.42. The van der Waals surface area contributed by atoms with E-state index in [4.69, 9.17) is 25.5 Å². The number of halogens is 1. The van der Waals surface area contributed by atoms with Crippen LogP contribution in [-0.4, -0.2) is 44.3 Å². The van der Waals surface area contributed by atoms with Crippen molar-refractivity contribution in [3.8, 4) is 5.75 Å². The van der Waals surface area contributed by atoms with Crippen molar-refractivity contribution in [1.29, 1.82) is 0 Å². The molecule has 1 amide bonds. The first-order chi connectivity index (χ1) is 20.6. The van der Waals surface area contributed by atoms with Crippen LogP contribution in [0.5, 0.6) is 5.75 Å². The van der Waals surface area contributed by atoms with Crippen LogP contribution in [0.25, 0.3) is 11.0 Å². The zero-order valence-corrected chi connectivity index (χ0v) is 24.9. The minimum Gasteiger partial charge on any atom is -0.489 e. The third-order valence-electron chi connectivity index (χ3n) is 7.02. The summed E-state index contributed by atoms with van der Waals surface area (Å²) in [5, 5.41) is 3.49. The largest absolute Gasteiger partial charge is 0.489 e. The highest BCUT2D eigenvalue weighted by atomic mass is 35.5. The Kier molecular flexibility index (Phi) is 9.14. The first-order valence-electron chi connectivity index (χ1n) is 13.6. The molecule has 2 heterocycles. The van der Waals surface area contributed by atoms with Crippen LogP contribution in [0.4, 0.5) is 5.69 Å². The van der Waals surface area contributed by atoms with Gasteiger partial charge >= 0.3 is 11.6 Å². The second-order valence-corrected chi connectivity index (χ2v) is 12.5. The lowest BCUT2D eigenvalue weighted by Gasteiger charge is -2.26. The molecule has 0 atom stereocenters. The number of amides is 1. The van der Waals surface area contributed by atoms with Crippen molar-refractivity contribution in [3.63, 3.8) is 0 Å². The maximum Gasteiger partial charge on any atom is 0.338 e. The van der Waals surface area contributed by atoms with E-state index in [0.29, 0.717) is 24.4 Å². The Morgan fingerprint density at radius 3 is 2.47 bits per heavy atom. The Labute approximate surface area is 253 Å². The topological polar surface area (TPSA) is 132 Å². The van der Waals surface area contributed by atoms with Gasteiger partial charge in [-0.2, -0.15) is 4.31 Å². The molecule has 10 nitrogen and oxygen atoms in total. The Hall–Kier alpha value is -4.19. The quantitative estimate of drug-likeness (QED) is 0.196. The second kappa shape index (κ2) is 13.0. The summed E-state index contributed by atoms with van der Waals surface area (Å²) in [7, 11) is -3.72. The SMILES string of the molecule is Cc1cc(=O)oc2cc(OCc3ccc(C(=O)OCC(=O)Nc4cc(S(=O)(=O)N5CCCCC5)ccc4Cl)cc3)ccc12. The monoisotopic (exact) mass is 624 g/mol. The van der Waals surface area contributed by atoms with Gasteiger partial charge in [-0.25, -0.2) is 18.0 Å². The molecule has 3 aromatic carbocycles. The van der Waals surface area contributed by atoms with Gasteiger partial charge in [0.15, 0.2) is 6.61 Å². The molecule has 224 valence electrons. The lowest BCUT2D eigenvalue weighted by Crippen LogP contribution is -2.35. The smallest absolute Gasteiger partial charge is 0.338 e. The average molecular weight is 625 g/mol. The Bertz CT molecular complexity index is 1830. The third kappa shape index (κ3) is 7.24. The minimum absolute atomic E-state index is 0.0254. The maximum atomic E-state index is 13.0. The summed E-state index contributed by atoms with van der Waals surface area (Å²) in [4.78, 5) is 36.7. The number of ether oxygens (including phenoxy) is 2. The maximum absolute atomic E-state index is 13.0. The van der Waals surface area contributed by atoms with Gasteiger partial charge in [-0.1, -0.05) is 30.2 Å². The lowest BCUT2D eigenvalue weighted by atomic mass is 10.1. The number of carbonyl (C=O) groups excluding carboxylic acids is 2. The normalized spacial score (nSPS) is 13.9. The van der Waals surface area contributed by atoms with Crippen LogP contribution in [0.1, 0.15) is 40.7 Å². The van der Waals surface area contributed by atoms with Crippen molar-refractivity contribution in [3.05, 3.63) is 98.9 Å². The number of hydrogen-bond acceptors (Lipinski definition) is 8. The Morgan fingerprint density at radius 1 is 0.977 bits per heavy atom. The number of hydrogen-bond donors (Lipinski definition) is 1. The van der Waals surface area contributed by atoms with Crippen LogP contribution in [-0.2, 0) is 26.2 Å². The zero-order valence-electron chi connectivity index (χ0n) is 23.3. The van der Waals surface area contributed by atoms with Crippen molar-refractivity contribution in [2.24, 2.45) is 0 Å². The van der Waals surface area contributed by atoms with Gasteiger partial charge in [0.2, 0.25) is 10.0 Å². The number of carbonyl (C=O) groups is 2. The molecule has 1 aliphatic heterocycles. The lowest BCUT2D eigenvalue weighted by molar-refractivity contribution is -0.119. The molecule has 1 saturated heterocycles. The second-order valence-electron chi connectivity index (χ2n) is 10.1. The van der Waals surface area contributed by atoms with Gasteiger partial charge in [0, 0.05) is 30.6 Å². The first kappa shape index (κ1) is 30.3. The summed E-state index contributed by atoms with van der Waals surface area (Å²) in [6.45, 7) is 2.33. The Morgan fingerprint density at radius 2 is 1.72 bits per heavy atom. The van der Waals surface area contributed by atoms with Crippen LogP contribution in [0.15, 0.2) is 80.8 Å². The van der Waals surface area contributed by atoms with Gasteiger partial charge < -0.3 is 19.2 Å². The molecular weight excluding hydrogens is 596 g/mol. The van der Waals surface area contributed by atoms with Gasteiger partial charge in [0.1, 0.15) is 17.9 Å². The van der Waals surface area contributed by atoms with Crippen LogP contribution < -0.4 is 15.7 Å². The number of fused-ring (bicyclic) bond motifs is 1. The summed E-state index contributed by atoms with van der Waals surface area (Å²) in [6.07, 6.45) is 2.58. The number of nitrogens with one attached hydrogen (secondary N) is 1. The van der Waals surface area contributed by atoms with Gasteiger partial charge in [-0.3, -0.25) is 4.79 Å². The standard InChI is InChI=1S/C31H29ClN2O8S/c1-20-15-30(36)42-28-16-23(9-11-25(20)28)40-18-21-5-7-22(8-6-21)31(37)41-19-29(35)33-27-17-24(10-12-26(27)32)43(38,39)34-13-3-2-4-14-34/h5-12,15-17H,2-4,13-14,18-19H2,1H3,(H,33,35). The van der Waals surface area contributed by atoms with E-state index >= 15 is 0 Å². The number of sulfonamides is 1. The molecule has 5 rings (SSSR count). The molecule has 43 heavy (non-hydrogen) atoms. The van der Waals surface area contributed by atoms with Gasteiger partial charge in [-0.15, -0.1) is 0 Å². The molecular formula is C31H29ClN2O8S. The van der Waals surface area contributed by atoms with Crippen LogP contribution in [0.2, 0.25) is 5.02 Å². The number of benzene rings is 3. The van der Waals surface area contributed by atoms with Crippen LogP contribution in [0, 0.1) is 6.92 Å². The van der Waals surface area contributed by atoms with Gasteiger partial charge in [-0.05, 0) is 73.4 Å². The highest BCUT2D eigenvalue weighted by Gasteiger charge is 2.26. The molecule has 1 aliphatic rings. The van der Waals surface area contributed by atoms with E-state index in [1.165, 1.54) is 28.6 Å². The van der Waals surface area contributed by atoms with Crippen molar-refractivity contribution in [1.82, 2.24) is 4.31 Å². The van der Waals surface area contributed by atoms with E-state index < -0.39 is 34.1 Å². The summed E-state index contributed by atoms with van der Waals surface area (Å²) < 4.78 is 43.6. The third-order valence-corrected chi connectivity index (χ3v) is 9.24. The summed E-state index contributed by atoms with van der Waals surface area (Å²) in [5.41, 5.74) is 1.92. The minimum atomic E-state index is -3.72. The van der Waals surface area contributed by atoms with Crippen molar-refractivity contribution in [2.75, 3.05) is 25.0 Å². The fraction of sp³-hybridized carbons (Fsp3) is 0.258. The number of aryl methyl sites for hydroxylation is 1. The van der Waals surface area contributed by atoms with Crippen molar-refractivity contribution >= 4 is 50.2 Å². The number of esters is 1. The molecule has 1 fully saturated rings. The van der Waals surface area contributed by atoms with Gasteiger partial charge in [0.05, 0.1) is 21.2 Å². The first-order valence-corrected chi connectivity index (χ1v) is 15.4. The van der Waals surface area contributed by atoms with E-state index in [0.717, 1.165) is 35.8 Å². The molecule has 1 aromatic heterocycles. The number of nitrogens with zero attached hydrogens (tertiary/aromatic N) is 1. The highest BCUT2D eigenvalue weighted by Crippen LogP contribution is 2.28. The van der Waals surface area contributed by atoms with Crippen molar-refractivity contribution < 1.29 is 31.9 Å². The van der Waals surface area contributed by atoms with E-state index in [1.807, 2.05) is 13.0 Å². The fourth-order valence-electron chi connectivity index (χ4n) is 4.71. The van der Waals surface area contributed by atoms with E-state index in [-0.39, 0.29) is 27.8 Å². The molecule has 1 N–H and O–H groups in total. The zero-order chi connectivity index (χ0) is 30.6. The molecule has 12 heteroatoms. The number of piperidine rings is 1. The van der Waals surface area contributed by atoms with E-state index in [2.05, 4.69) is 5.32 Å². The van der Waals surface area contributed by atoms with Crippen LogP contribution >= 0.6 is 11.6 Å². The highest BCUT2D eigenvalue weighted by molar-refractivity contribution is 7.89. The number of rotatable bonds is 9. The molecule has 0 spiro atoms. The summed E-state index contributed by atoms with van der Waals surface area (Å²) in [5.74, 6) is -0.866. The molecule has 0 radical (unpaired) electrons. The molecule has 0 unspecified atom stereocenters. The Balaban J connectivity index is 1.14. The molecule has 0 aliphatic carbocycles.